The van der Waals surface area contributed by atoms with Crippen LogP contribution in [0.1, 0.15) is 19.4 Å². The molecule has 0 spiro atoms. The van der Waals surface area contributed by atoms with Crippen molar-refractivity contribution >= 4 is 29.9 Å². The fraction of sp³-hybridized carbons (Fsp3) is 0.562. The Balaban J connectivity index is 0.00000400. The minimum atomic E-state index is 0. The van der Waals surface area contributed by atoms with Crippen LogP contribution in [0.4, 0.5) is 0 Å². The molecule has 1 N–H and O–H groups in total. The molecule has 21 heavy (non-hydrogen) atoms. The molecule has 0 atom stereocenters. The van der Waals surface area contributed by atoms with E-state index >= 15 is 0 Å². The number of aliphatic imine (C=N–C) groups is 1. The lowest BCUT2D eigenvalue weighted by atomic mass is 10.2. The van der Waals surface area contributed by atoms with Gasteiger partial charge in [0.2, 0.25) is 0 Å². The van der Waals surface area contributed by atoms with Gasteiger partial charge in [-0.1, -0.05) is 44.2 Å². The van der Waals surface area contributed by atoms with Crippen molar-refractivity contribution < 1.29 is 4.74 Å². The average molecular weight is 405 g/mol. The van der Waals surface area contributed by atoms with Gasteiger partial charge in [0.25, 0.3) is 0 Å². The van der Waals surface area contributed by atoms with Gasteiger partial charge in [0.1, 0.15) is 0 Å². The Morgan fingerprint density at radius 2 is 1.95 bits per heavy atom. The molecular formula is C16H28IN3O. The van der Waals surface area contributed by atoms with Crippen LogP contribution in [-0.4, -0.2) is 44.7 Å². The van der Waals surface area contributed by atoms with Gasteiger partial charge in [-0.2, -0.15) is 0 Å². The first-order valence-corrected chi connectivity index (χ1v) is 7.17. The monoisotopic (exact) mass is 405 g/mol. The third-order valence-electron chi connectivity index (χ3n) is 2.82. The second-order valence-corrected chi connectivity index (χ2v) is 5.28. The maximum Gasteiger partial charge on any atom is 0.193 e. The van der Waals surface area contributed by atoms with Crippen molar-refractivity contribution in [2.45, 2.75) is 20.4 Å². The summed E-state index contributed by atoms with van der Waals surface area (Å²) >= 11 is 0. The first kappa shape index (κ1) is 20.2. The number of ether oxygens (including phenoxy) is 1. The molecule has 0 amide bonds. The number of benzene rings is 1. The van der Waals surface area contributed by atoms with Gasteiger partial charge in [0.05, 0.1) is 6.61 Å². The third kappa shape index (κ3) is 8.93. The topological polar surface area (TPSA) is 36.9 Å². The average Bonchev–Trinajstić information content (AvgIpc) is 2.43. The van der Waals surface area contributed by atoms with Crippen LogP contribution in [0.25, 0.3) is 0 Å². The molecule has 4 nitrogen and oxygen atoms in total. The second-order valence-electron chi connectivity index (χ2n) is 5.28. The number of hydrogen-bond acceptors (Lipinski definition) is 2. The maximum absolute atomic E-state index is 5.55. The number of nitrogens with zero attached hydrogens (tertiary/aromatic N) is 2. The summed E-state index contributed by atoms with van der Waals surface area (Å²) in [6.07, 6.45) is 0. The van der Waals surface area contributed by atoms with Gasteiger partial charge in [-0.3, -0.25) is 4.99 Å². The Labute approximate surface area is 146 Å². The first-order chi connectivity index (χ1) is 9.63. The van der Waals surface area contributed by atoms with Crippen molar-refractivity contribution in [2.24, 2.45) is 10.9 Å². The van der Waals surface area contributed by atoms with E-state index in [1.54, 1.807) is 7.05 Å². The van der Waals surface area contributed by atoms with Crippen molar-refractivity contribution in [3.05, 3.63) is 35.9 Å². The zero-order chi connectivity index (χ0) is 14.8. The summed E-state index contributed by atoms with van der Waals surface area (Å²) in [6.45, 7) is 7.43. The standard InChI is InChI=1S/C16H27N3O.HI/c1-14(2)13-20-11-10-18-16(17-3)19(4)12-15-8-6-5-7-9-15;/h5-9,14H,10-13H2,1-4H3,(H,17,18);1H. The van der Waals surface area contributed by atoms with Crippen LogP contribution in [0.2, 0.25) is 0 Å². The van der Waals surface area contributed by atoms with Crippen molar-refractivity contribution in [1.82, 2.24) is 10.2 Å². The highest BCUT2D eigenvalue weighted by Gasteiger charge is 2.05. The molecule has 0 radical (unpaired) electrons. The largest absolute Gasteiger partial charge is 0.379 e. The molecule has 1 rings (SSSR count). The minimum absolute atomic E-state index is 0. The highest BCUT2D eigenvalue weighted by Crippen LogP contribution is 2.02. The Hall–Kier alpha value is -0.820. The normalized spacial score (nSPS) is 11.2. The maximum atomic E-state index is 5.55. The van der Waals surface area contributed by atoms with E-state index < -0.39 is 0 Å². The van der Waals surface area contributed by atoms with E-state index in [-0.39, 0.29) is 24.0 Å². The van der Waals surface area contributed by atoms with Crippen LogP contribution < -0.4 is 5.32 Å². The molecule has 1 aromatic carbocycles. The van der Waals surface area contributed by atoms with Crippen LogP contribution >= 0.6 is 24.0 Å². The fourth-order valence-corrected chi connectivity index (χ4v) is 1.87. The number of halogens is 1. The van der Waals surface area contributed by atoms with Gasteiger partial charge in [0.15, 0.2) is 5.96 Å². The first-order valence-electron chi connectivity index (χ1n) is 7.17. The highest BCUT2D eigenvalue weighted by molar-refractivity contribution is 14.0. The Morgan fingerprint density at radius 1 is 1.29 bits per heavy atom. The smallest absolute Gasteiger partial charge is 0.193 e. The van der Waals surface area contributed by atoms with E-state index in [0.29, 0.717) is 12.5 Å². The SMILES string of the molecule is CN=C(NCCOCC(C)C)N(C)Cc1ccccc1.I. The fourth-order valence-electron chi connectivity index (χ4n) is 1.87. The van der Waals surface area contributed by atoms with E-state index in [2.05, 4.69) is 53.3 Å². The van der Waals surface area contributed by atoms with Gasteiger partial charge in [0, 0.05) is 33.8 Å². The van der Waals surface area contributed by atoms with E-state index in [9.17, 15) is 0 Å². The quantitative estimate of drug-likeness (QED) is 0.328. The van der Waals surface area contributed by atoms with E-state index in [1.807, 2.05) is 13.1 Å². The van der Waals surface area contributed by atoms with Gasteiger partial charge in [-0.05, 0) is 11.5 Å². The molecule has 0 aromatic heterocycles. The Morgan fingerprint density at radius 3 is 2.52 bits per heavy atom. The Kier molecular flexibility index (Phi) is 11.3. The predicted molar refractivity (Wildman–Crippen MR) is 100 cm³/mol. The van der Waals surface area contributed by atoms with Gasteiger partial charge in [-0.15, -0.1) is 24.0 Å². The predicted octanol–water partition coefficient (Wildman–Crippen LogP) is 2.98. The minimum Gasteiger partial charge on any atom is -0.379 e. The van der Waals surface area contributed by atoms with E-state index in [4.69, 9.17) is 4.74 Å². The molecule has 0 saturated heterocycles. The molecule has 5 heteroatoms. The molecular weight excluding hydrogens is 377 g/mol. The number of nitrogens with one attached hydrogen (secondary N) is 1. The second kappa shape index (κ2) is 11.8. The van der Waals surface area contributed by atoms with Crippen molar-refractivity contribution in [3.63, 3.8) is 0 Å². The zero-order valence-corrected chi connectivity index (χ0v) is 15.8. The summed E-state index contributed by atoms with van der Waals surface area (Å²) in [7, 11) is 3.84. The van der Waals surface area contributed by atoms with Crippen LogP contribution in [0.3, 0.4) is 0 Å². The Bertz CT molecular complexity index is 396. The summed E-state index contributed by atoms with van der Waals surface area (Å²) < 4.78 is 5.55. The molecule has 1 aromatic rings. The lowest BCUT2D eigenvalue weighted by Crippen LogP contribution is -2.40. The third-order valence-corrected chi connectivity index (χ3v) is 2.82. The van der Waals surface area contributed by atoms with E-state index in [1.165, 1.54) is 5.56 Å². The lowest BCUT2D eigenvalue weighted by Gasteiger charge is -2.22. The summed E-state index contributed by atoms with van der Waals surface area (Å²) in [5.74, 6) is 1.47. The molecule has 120 valence electrons. The molecule has 0 saturated carbocycles. The number of rotatable bonds is 7. The summed E-state index contributed by atoms with van der Waals surface area (Å²) in [5, 5.41) is 3.31. The van der Waals surface area contributed by atoms with Gasteiger partial charge in [-0.25, -0.2) is 0 Å². The molecule has 0 unspecified atom stereocenters. The van der Waals surface area contributed by atoms with Crippen LogP contribution in [0.15, 0.2) is 35.3 Å². The number of hydrogen-bond donors (Lipinski definition) is 1. The van der Waals surface area contributed by atoms with Crippen molar-refractivity contribution in [2.75, 3.05) is 33.9 Å². The molecule has 0 heterocycles. The molecule has 0 aliphatic heterocycles. The summed E-state index contributed by atoms with van der Waals surface area (Å²) in [5.41, 5.74) is 1.27. The number of guanidine groups is 1. The van der Waals surface area contributed by atoms with Gasteiger partial charge < -0.3 is 15.0 Å². The van der Waals surface area contributed by atoms with Crippen LogP contribution in [-0.2, 0) is 11.3 Å². The molecule has 0 aliphatic rings. The van der Waals surface area contributed by atoms with Crippen LogP contribution in [0, 0.1) is 5.92 Å². The molecule has 0 aliphatic carbocycles. The zero-order valence-electron chi connectivity index (χ0n) is 13.5. The lowest BCUT2D eigenvalue weighted by molar-refractivity contribution is 0.114. The van der Waals surface area contributed by atoms with Gasteiger partial charge >= 0.3 is 0 Å². The van der Waals surface area contributed by atoms with Crippen LogP contribution in [0.5, 0.6) is 0 Å². The summed E-state index contributed by atoms with van der Waals surface area (Å²) in [4.78, 5) is 6.40. The highest BCUT2D eigenvalue weighted by atomic mass is 127. The summed E-state index contributed by atoms with van der Waals surface area (Å²) in [6, 6.07) is 10.4. The van der Waals surface area contributed by atoms with E-state index in [0.717, 1.165) is 25.7 Å². The molecule has 0 fully saturated rings. The van der Waals surface area contributed by atoms with Crippen molar-refractivity contribution in [1.29, 1.82) is 0 Å². The molecule has 0 bridgehead atoms. The van der Waals surface area contributed by atoms with Crippen molar-refractivity contribution in [3.8, 4) is 0 Å².